The van der Waals surface area contributed by atoms with Crippen molar-refractivity contribution in [2.24, 2.45) is 0 Å². The van der Waals surface area contributed by atoms with Crippen molar-refractivity contribution in [3.63, 3.8) is 0 Å². The normalized spacial score (nSPS) is 11.4. The largest absolute Gasteiger partial charge is 0.399 e. The number of hydrogen-bond donors (Lipinski definition) is 2. The van der Waals surface area contributed by atoms with Gasteiger partial charge in [-0.25, -0.2) is 0 Å². The van der Waals surface area contributed by atoms with Gasteiger partial charge in [-0.3, -0.25) is 0 Å². The number of rotatable bonds is 36. The van der Waals surface area contributed by atoms with Crippen LogP contribution in [0.15, 0.2) is 84.9 Å². The van der Waals surface area contributed by atoms with E-state index in [2.05, 4.69) is 74.5 Å². The summed E-state index contributed by atoms with van der Waals surface area (Å²) in [7, 11) is 0. The van der Waals surface area contributed by atoms with Crippen molar-refractivity contribution in [2.75, 3.05) is 11.5 Å². The van der Waals surface area contributed by atoms with Gasteiger partial charge < -0.3 is 11.5 Å². The van der Waals surface area contributed by atoms with E-state index in [1.54, 1.807) is 22.3 Å². The monoisotopic (exact) mass is 827 g/mol. The van der Waals surface area contributed by atoms with Crippen LogP contribution < -0.4 is 11.5 Å². The van der Waals surface area contributed by atoms with E-state index < -0.39 is 0 Å². The van der Waals surface area contributed by atoms with Gasteiger partial charge in [-0.1, -0.05) is 222 Å². The lowest BCUT2D eigenvalue weighted by atomic mass is 9.92. The molecule has 0 aliphatic heterocycles. The smallest absolute Gasteiger partial charge is 0.0314 e. The predicted octanol–water partition coefficient (Wildman–Crippen LogP) is 17.5. The Morgan fingerprint density at radius 1 is 0.262 bits per heavy atom. The molecule has 0 aliphatic carbocycles. The first-order valence-corrected chi connectivity index (χ1v) is 25.9. The fraction of sp³-hybridized carbons (Fsp3) is 0.593. The maximum Gasteiger partial charge on any atom is 0.0314 e. The first-order valence-electron chi connectivity index (χ1n) is 25.9. The summed E-state index contributed by atoms with van der Waals surface area (Å²) >= 11 is 0. The molecular formula is C59H90N2. The number of nitrogen functional groups attached to an aromatic ring is 2. The summed E-state index contributed by atoms with van der Waals surface area (Å²) in [6.45, 7) is 4.61. The van der Waals surface area contributed by atoms with Gasteiger partial charge in [0.05, 0.1) is 0 Å². The molecule has 2 nitrogen and oxygen atoms in total. The third kappa shape index (κ3) is 22.4. The van der Waals surface area contributed by atoms with Crippen LogP contribution in [0.25, 0.3) is 0 Å². The zero-order valence-corrected chi connectivity index (χ0v) is 39.6. The zero-order chi connectivity index (χ0) is 43.0. The summed E-state index contributed by atoms with van der Waals surface area (Å²) in [5, 5.41) is 0. The molecule has 0 spiro atoms. The highest BCUT2D eigenvalue weighted by Crippen LogP contribution is 2.24. The van der Waals surface area contributed by atoms with Crippen molar-refractivity contribution in [3.8, 4) is 0 Å². The number of aryl methyl sites for hydroxylation is 4. The lowest BCUT2D eigenvalue weighted by Crippen LogP contribution is -1.99. The molecule has 4 aromatic carbocycles. The highest BCUT2D eigenvalue weighted by molar-refractivity contribution is 5.43. The molecule has 0 saturated heterocycles. The summed E-state index contributed by atoms with van der Waals surface area (Å²) in [5.74, 6) is 0. The van der Waals surface area contributed by atoms with Crippen LogP contribution in [0.4, 0.5) is 11.4 Å². The summed E-state index contributed by atoms with van der Waals surface area (Å²) in [6, 6.07) is 31.7. The Hall–Kier alpha value is -3.52. The second kappa shape index (κ2) is 32.2. The van der Waals surface area contributed by atoms with Crippen LogP contribution in [0.5, 0.6) is 0 Å². The maximum atomic E-state index is 5.96. The van der Waals surface area contributed by atoms with E-state index in [4.69, 9.17) is 11.5 Å². The topological polar surface area (TPSA) is 52.0 Å². The van der Waals surface area contributed by atoms with Crippen molar-refractivity contribution in [1.29, 1.82) is 0 Å². The SMILES string of the molecule is CCCCCCCCc1cc(CCCCCCCCCCCCCCCCCc2ccc(Cc3ccc(N)cc3)c(CCCCCCCC)c2)ccc1Cc1ccc(N)cc1. The number of benzene rings is 4. The molecule has 0 bridgehead atoms. The van der Waals surface area contributed by atoms with Gasteiger partial charge in [-0.15, -0.1) is 0 Å². The van der Waals surface area contributed by atoms with Crippen LogP contribution >= 0.6 is 0 Å². The molecule has 0 aliphatic rings. The quantitative estimate of drug-likeness (QED) is 0.0354. The molecule has 2 heteroatoms. The summed E-state index contributed by atoms with van der Waals surface area (Å²) in [5.41, 5.74) is 25.6. The lowest BCUT2D eigenvalue weighted by Gasteiger charge is -2.13. The molecule has 0 aromatic heterocycles. The van der Waals surface area contributed by atoms with Crippen molar-refractivity contribution in [2.45, 2.75) is 226 Å². The van der Waals surface area contributed by atoms with Gasteiger partial charge in [-0.2, -0.15) is 0 Å². The van der Waals surface area contributed by atoms with Gasteiger partial charge in [0.1, 0.15) is 0 Å². The highest BCUT2D eigenvalue weighted by Gasteiger charge is 2.09. The minimum Gasteiger partial charge on any atom is -0.399 e. The Bertz CT molecular complexity index is 1540. The molecule has 0 fully saturated rings. The van der Waals surface area contributed by atoms with Gasteiger partial charge in [-0.05, 0) is 133 Å². The molecule has 0 unspecified atom stereocenters. The Balaban J connectivity index is 1.01. The molecule has 4 N–H and O–H groups in total. The summed E-state index contributed by atoms with van der Waals surface area (Å²) in [6.07, 6.45) is 44.2. The predicted molar refractivity (Wildman–Crippen MR) is 271 cm³/mol. The number of unbranched alkanes of at least 4 members (excludes halogenated alkanes) is 24. The Morgan fingerprint density at radius 3 is 0.836 bits per heavy atom. The summed E-state index contributed by atoms with van der Waals surface area (Å²) < 4.78 is 0. The Labute approximate surface area is 376 Å². The van der Waals surface area contributed by atoms with Crippen LogP contribution in [-0.4, -0.2) is 0 Å². The van der Waals surface area contributed by atoms with Crippen LogP contribution in [-0.2, 0) is 38.5 Å². The minimum absolute atomic E-state index is 0.849. The fourth-order valence-electron chi connectivity index (χ4n) is 9.34. The van der Waals surface area contributed by atoms with Crippen LogP contribution in [0, 0.1) is 0 Å². The van der Waals surface area contributed by atoms with Gasteiger partial charge >= 0.3 is 0 Å². The molecule has 0 saturated carbocycles. The number of anilines is 2. The van der Waals surface area contributed by atoms with E-state index >= 15 is 0 Å². The molecule has 61 heavy (non-hydrogen) atoms. The molecule has 0 amide bonds. The number of nitrogens with two attached hydrogens (primary N) is 2. The standard InChI is InChI=1S/C59H90N2/c1-3-5-7-9-24-28-32-54-46-50(34-40-56(54)48-52-36-42-58(60)43-37-52)30-26-22-20-18-16-14-12-11-13-15-17-19-21-23-27-31-51-35-41-57(49-53-38-44-59(61)45-39-53)55(47-51)33-29-25-10-8-6-4-2/h34-47H,3-33,48-49,60-61H2,1-2H3. The van der Waals surface area contributed by atoms with Crippen LogP contribution in [0.2, 0.25) is 0 Å². The minimum atomic E-state index is 0.849. The third-order valence-corrected chi connectivity index (χ3v) is 13.3. The van der Waals surface area contributed by atoms with E-state index in [1.165, 1.54) is 221 Å². The average molecular weight is 827 g/mol. The van der Waals surface area contributed by atoms with Crippen molar-refractivity contribution in [3.05, 3.63) is 129 Å². The third-order valence-electron chi connectivity index (χ3n) is 13.3. The molecule has 0 heterocycles. The van der Waals surface area contributed by atoms with E-state index in [9.17, 15) is 0 Å². The van der Waals surface area contributed by atoms with E-state index in [1.807, 2.05) is 24.3 Å². The molecule has 0 atom stereocenters. The molecular weight excluding hydrogens is 737 g/mol. The summed E-state index contributed by atoms with van der Waals surface area (Å²) in [4.78, 5) is 0. The highest BCUT2D eigenvalue weighted by atomic mass is 14.5. The molecule has 0 radical (unpaired) electrons. The second-order valence-corrected chi connectivity index (χ2v) is 18.9. The van der Waals surface area contributed by atoms with Crippen LogP contribution in [0.3, 0.4) is 0 Å². The maximum absolute atomic E-state index is 5.96. The van der Waals surface area contributed by atoms with Crippen molar-refractivity contribution >= 4 is 11.4 Å². The number of hydrogen-bond acceptors (Lipinski definition) is 2. The molecule has 336 valence electrons. The first kappa shape index (κ1) is 50.1. The Morgan fingerprint density at radius 2 is 0.525 bits per heavy atom. The average Bonchev–Trinajstić information content (AvgIpc) is 3.27. The molecule has 4 aromatic rings. The van der Waals surface area contributed by atoms with E-state index in [0.717, 1.165) is 24.2 Å². The van der Waals surface area contributed by atoms with Gasteiger partial charge in [0, 0.05) is 11.4 Å². The van der Waals surface area contributed by atoms with Gasteiger partial charge in [0.15, 0.2) is 0 Å². The van der Waals surface area contributed by atoms with Crippen LogP contribution in [0.1, 0.15) is 232 Å². The van der Waals surface area contributed by atoms with E-state index in [-0.39, 0.29) is 0 Å². The molecule has 4 rings (SSSR count). The van der Waals surface area contributed by atoms with E-state index in [0.29, 0.717) is 0 Å². The van der Waals surface area contributed by atoms with Gasteiger partial charge in [0.2, 0.25) is 0 Å². The Kier molecular flexibility index (Phi) is 26.5. The second-order valence-electron chi connectivity index (χ2n) is 18.9. The lowest BCUT2D eigenvalue weighted by molar-refractivity contribution is 0.530. The first-order chi connectivity index (χ1) is 30.0. The van der Waals surface area contributed by atoms with Crippen molar-refractivity contribution in [1.82, 2.24) is 0 Å². The van der Waals surface area contributed by atoms with Crippen molar-refractivity contribution < 1.29 is 0 Å². The van der Waals surface area contributed by atoms with Gasteiger partial charge in [0.25, 0.3) is 0 Å². The fourth-order valence-corrected chi connectivity index (χ4v) is 9.34. The zero-order valence-electron chi connectivity index (χ0n) is 39.6.